The normalized spacial score (nSPS) is 12.0. The highest BCUT2D eigenvalue weighted by Gasteiger charge is 2.19. The number of oxazole rings is 1. The molecule has 0 unspecified atom stereocenters. The van der Waals surface area contributed by atoms with Crippen LogP contribution in [0, 0.1) is 0 Å². The van der Waals surface area contributed by atoms with Crippen molar-refractivity contribution in [1.82, 2.24) is 35.4 Å². The van der Waals surface area contributed by atoms with Crippen LogP contribution < -0.4 is 16.0 Å². The van der Waals surface area contributed by atoms with E-state index in [2.05, 4.69) is 61.8 Å². The van der Waals surface area contributed by atoms with E-state index in [1.54, 1.807) is 24.1 Å². The van der Waals surface area contributed by atoms with Gasteiger partial charge in [0, 0.05) is 32.6 Å². The molecule has 0 aliphatic heterocycles. The summed E-state index contributed by atoms with van der Waals surface area (Å²) in [4.78, 5) is 17.0. The first-order chi connectivity index (χ1) is 13.4. The third-order valence-electron chi connectivity index (χ3n) is 4.16. The summed E-state index contributed by atoms with van der Waals surface area (Å²) >= 11 is 0. The van der Waals surface area contributed by atoms with Crippen molar-refractivity contribution in [2.24, 2.45) is 12.0 Å². The lowest BCUT2D eigenvalue weighted by atomic mass is 9.94. The maximum absolute atomic E-state index is 5.78. The predicted molar refractivity (Wildman–Crippen MR) is 124 cm³/mol. The van der Waals surface area contributed by atoms with E-state index in [0.717, 1.165) is 22.6 Å². The predicted octanol–water partition coefficient (Wildman–Crippen LogP) is 2.04. The van der Waals surface area contributed by atoms with Crippen molar-refractivity contribution in [2.75, 3.05) is 25.5 Å². The van der Waals surface area contributed by atoms with Crippen LogP contribution >= 0.6 is 24.0 Å². The summed E-state index contributed by atoms with van der Waals surface area (Å²) < 4.78 is 7.50. The molecule has 0 amide bonds. The highest BCUT2D eigenvalue weighted by Crippen LogP contribution is 2.22. The van der Waals surface area contributed by atoms with E-state index in [1.807, 2.05) is 7.05 Å². The fourth-order valence-corrected chi connectivity index (χ4v) is 2.58. The lowest BCUT2D eigenvalue weighted by Gasteiger charge is -2.13. The minimum absolute atomic E-state index is 0. The number of hydrogen-bond donors (Lipinski definition) is 3. The second-order valence-electron chi connectivity index (χ2n) is 7.38. The van der Waals surface area contributed by atoms with Gasteiger partial charge in [0.2, 0.25) is 5.89 Å². The Morgan fingerprint density at radius 3 is 2.62 bits per heavy atom. The Labute approximate surface area is 187 Å². The molecule has 29 heavy (non-hydrogen) atoms. The third kappa shape index (κ3) is 5.78. The molecule has 0 saturated carbocycles. The molecule has 0 aliphatic rings. The highest BCUT2D eigenvalue weighted by atomic mass is 127. The van der Waals surface area contributed by atoms with Crippen LogP contribution in [-0.4, -0.2) is 50.8 Å². The molecule has 0 fully saturated rings. The molecule has 0 aromatic carbocycles. The van der Waals surface area contributed by atoms with Gasteiger partial charge in [-0.15, -0.1) is 24.0 Å². The van der Waals surface area contributed by atoms with Gasteiger partial charge in [0.15, 0.2) is 11.6 Å². The molecular formula is C18H28IN9O. The van der Waals surface area contributed by atoms with Gasteiger partial charge < -0.3 is 20.4 Å². The number of guanidine groups is 1. The van der Waals surface area contributed by atoms with E-state index in [4.69, 9.17) is 4.42 Å². The second-order valence-corrected chi connectivity index (χ2v) is 7.38. The Balaban J connectivity index is 0.00000300. The van der Waals surface area contributed by atoms with Gasteiger partial charge in [-0.25, -0.2) is 15.0 Å². The number of hydrogen-bond acceptors (Lipinski definition) is 7. The Kier molecular flexibility index (Phi) is 7.76. The molecular weight excluding hydrogens is 485 g/mol. The van der Waals surface area contributed by atoms with Crippen LogP contribution in [-0.2, 0) is 19.0 Å². The summed E-state index contributed by atoms with van der Waals surface area (Å²) in [5.74, 6) is 2.93. The largest absolute Gasteiger partial charge is 0.443 e. The fraction of sp³-hybridized carbons (Fsp3) is 0.500. The Bertz CT molecular complexity index is 958. The van der Waals surface area contributed by atoms with E-state index in [1.165, 1.54) is 6.33 Å². The molecule has 3 N–H and O–H groups in total. The summed E-state index contributed by atoms with van der Waals surface area (Å²) in [5.41, 5.74) is 0.737. The van der Waals surface area contributed by atoms with Crippen LogP contribution in [0.15, 0.2) is 28.1 Å². The van der Waals surface area contributed by atoms with Gasteiger partial charge in [-0.1, -0.05) is 20.8 Å². The molecule has 3 rings (SSSR count). The van der Waals surface area contributed by atoms with Gasteiger partial charge in [-0.2, -0.15) is 5.10 Å². The van der Waals surface area contributed by atoms with Gasteiger partial charge in [0.1, 0.15) is 17.9 Å². The maximum Gasteiger partial charge on any atom is 0.213 e. The molecule has 0 spiro atoms. The Morgan fingerprint density at radius 2 is 1.93 bits per heavy atom. The molecule has 0 atom stereocenters. The minimum atomic E-state index is -0.0580. The number of aliphatic imine (C=N–C) groups is 1. The molecule has 3 aromatic rings. The third-order valence-corrected chi connectivity index (χ3v) is 4.16. The Hall–Kier alpha value is -2.44. The first-order valence-corrected chi connectivity index (χ1v) is 9.15. The average molecular weight is 513 g/mol. The zero-order valence-corrected chi connectivity index (χ0v) is 19.7. The highest BCUT2D eigenvalue weighted by molar-refractivity contribution is 14.0. The monoisotopic (exact) mass is 513 g/mol. The van der Waals surface area contributed by atoms with Crippen molar-refractivity contribution in [2.45, 2.75) is 32.7 Å². The van der Waals surface area contributed by atoms with E-state index in [0.29, 0.717) is 31.5 Å². The van der Waals surface area contributed by atoms with E-state index >= 15 is 0 Å². The number of fused-ring (bicyclic) bond motifs is 1. The molecule has 0 bridgehead atoms. The second kappa shape index (κ2) is 9.85. The number of nitrogens with zero attached hydrogens (tertiary/aromatic N) is 6. The first kappa shape index (κ1) is 22.8. The van der Waals surface area contributed by atoms with Crippen molar-refractivity contribution in [1.29, 1.82) is 0 Å². The standard InChI is InChI=1S/C18H27N9O.HI/c1-18(2,3)13-9-22-14(28-13)10-23-17(19-4)21-7-6-20-15-12-8-26-27(5)16(12)25-11-24-15;/h8-9,11H,6-7,10H2,1-5H3,(H2,19,21,23)(H,20,24,25);1H. The fourth-order valence-electron chi connectivity index (χ4n) is 2.58. The summed E-state index contributed by atoms with van der Waals surface area (Å²) in [6.07, 6.45) is 5.06. The average Bonchev–Trinajstić information content (AvgIpc) is 3.29. The number of aryl methyl sites for hydroxylation is 1. The molecule has 0 radical (unpaired) electrons. The summed E-state index contributed by atoms with van der Waals surface area (Å²) in [7, 11) is 3.58. The number of aromatic nitrogens is 5. The molecule has 0 saturated heterocycles. The van der Waals surface area contributed by atoms with E-state index < -0.39 is 0 Å². The smallest absolute Gasteiger partial charge is 0.213 e. The van der Waals surface area contributed by atoms with Crippen molar-refractivity contribution in [3.63, 3.8) is 0 Å². The van der Waals surface area contributed by atoms with Gasteiger partial charge in [-0.05, 0) is 0 Å². The minimum Gasteiger partial charge on any atom is -0.443 e. The van der Waals surface area contributed by atoms with Crippen molar-refractivity contribution in [3.8, 4) is 0 Å². The lowest BCUT2D eigenvalue weighted by molar-refractivity contribution is 0.379. The molecule has 10 nitrogen and oxygen atoms in total. The quantitative estimate of drug-likeness (QED) is 0.199. The van der Waals surface area contributed by atoms with Crippen LogP contribution in [0.25, 0.3) is 11.0 Å². The number of anilines is 1. The van der Waals surface area contributed by atoms with E-state index in [-0.39, 0.29) is 29.4 Å². The van der Waals surface area contributed by atoms with Crippen LogP contribution in [0.4, 0.5) is 5.82 Å². The van der Waals surface area contributed by atoms with E-state index in [9.17, 15) is 0 Å². The number of rotatable bonds is 6. The first-order valence-electron chi connectivity index (χ1n) is 9.15. The van der Waals surface area contributed by atoms with Crippen molar-refractivity contribution >= 4 is 46.8 Å². The summed E-state index contributed by atoms with van der Waals surface area (Å²) in [6.45, 7) is 8.06. The molecule has 0 aliphatic carbocycles. The van der Waals surface area contributed by atoms with Crippen LogP contribution in [0.2, 0.25) is 0 Å². The van der Waals surface area contributed by atoms with Crippen LogP contribution in [0.5, 0.6) is 0 Å². The zero-order valence-electron chi connectivity index (χ0n) is 17.4. The molecule has 3 aromatic heterocycles. The van der Waals surface area contributed by atoms with Gasteiger partial charge >= 0.3 is 0 Å². The van der Waals surface area contributed by atoms with Crippen molar-refractivity contribution in [3.05, 3.63) is 30.4 Å². The SMILES string of the molecule is CN=C(NCCNc1ncnc2c1cnn2C)NCc1ncc(C(C)(C)C)o1.I. The van der Waals surface area contributed by atoms with Gasteiger partial charge in [0.05, 0.1) is 24.3 Å². The zero-order chi connectivity index (χ0) is 20.1. The number of halogens is 1. The van der Waals surface area contributed by atoms with Crippen LogP contribution in [0.1, 0.15) is 32.4 Å². The molecule has 158 valence electrons. The Morgan fingerprint density at radius 1 is 1.14 bits per heavy atom. The van der Waals surface area contributed by atoms with Crippen molar-refractivity contribution < 1.29 is 4.42 Å². The topological polar surface area (TPSA) is 118 Å². The number of nitrogens with one attached hydrogen (secondary N) is 3. The molecule has 3 heterocycles. The summed E-state index contributed by atoms with van der Waals surface area (Å²) in [5, 5.41) is 14.8. The maximum atomic E-state index is 5.78. The summed E-state index contributed by atoms with van der Waals surface area (Å²) in [6, 6.07) is 0. The van der Waals surface area contributed by atoms with Gasteiger partial charge in [-0.3, -0.25) is 9.67 Å². The molecule has 11 heteroatoms. The van der Waals surface area contributed by atoms with Gasteiger partial charge in [0.25, 0.3) is 0 Å². The van der Waals surface area contributed by atoms with Crippen LogP contribution in [0.3, 0.4) is 0 Å². The lowest BCUT2D eigenvalue weighted by Crippen LogP contribution is -2.39.